The third kappa shape index (κ3) is 1.55. The molecule has 0 aromatic rings. The van der Waals surface area contributed by atoms with E-state index in [1.54, 1.807) is 0 Å². The molecule has 62 valence electrons. The van der Waals surface area contributed by atoms with E-state index in [2.05, 4.69) is 39.5 Å². The largest absolute Gasteiger partial charge is 0.0956 e. The predicted molar refractivity (Wildman–Crippen MR) is 50.4 cm³/mol. The quantitative estimate of drug-likeness (QED) is 0.537. The van der Waals surface area contributed by atoms with Crippen LogP contribution in [0.15, 0.2) is 24.3 Å². The molecule has 0 heteroatoms. The zero-order chi connectivity index (χ0) is 8.43. The van der Waals surface area contributed by atoms with Crippen molar-refractivity contribution in [2.24, 2.45) is 17.8 Å². The van der Waals surface area contributed by atoms with Gasteiger partial charge in [0.15, 0.2) is 0 Å². The molecule has 0 saturated heterocycles. The second-order valence-corrected chi connectivity index (χ2v) is 3.67. The second-order valence-electron chi connectivity index (χ2n) is 3.67. The summed E-state index contributed by atoms with van der Waals surface area (Å²) < 4.78 is 0. The highest BCUT2D eigenvalue weighted by Gasteiger charge is 2.24. The molecule has 1 aliphatic carbocycles. The van der Waals surface area contributed by atoms with Crippen molar-refractivity contribution >= 4 is 0 Å². The molecule has 0 aliphatic heterocycles. The molecule has 1 aliphatic rings. The summed E-state index contributed by atoms with van der Waals surface area (Å²) in [7, 11) is 0. The molecular weight excluding hydrogens is 132 g/mol. The summed E-state index contributed by atoms with van der Waals surface area (Å²) in [4.78, 5) is 0. The zero-order valence-corrected chi connectivity index (χ0v) is 7.80. The molecule has 0 bridgehead atoms. The van der Waals surface area contributed by atoms with Gasteiger partial charge in [-0.2, -0.15) is 0 Å². The Bertz CT molecular complexity index is 176. The number of hydrogen-bond acceptors (Lipinski definition) is 0. The molecule has 0 spiro atoms. The average molecular weight is 150 g/mol. The van der Waals surface area contributed by atoms with Crippen molar-refractivity contribution < 1.29 is 0 Å². The molecule has 0 aromatic carbocycles. The topological polar surface area (TPSA) is 0 Å². The van der Waals surface area contributed by atoms with Gasteiger partial charge < -0.3 is 0 Å². The molecule has 0 fully saturated rings. The van der Waals surface area contributed by atoms with Gasteiger partial charge in [-0.25, -0.2) is 0 Å². The summed E-state index contributed by atoms with van der Waals surface area (Å²) in [5, 5.41) is 0. The lowest BCUT2D eigenvalue weighted by Gasteiger charge is -2.31. The van der Waals surface area contributed by atoms with Crippen LogP contribution in [-0.2, 0) is 0 Å². The van der Waals surface area contributed by atoms with Crippen molar-refractivity contribution in [3.8, 4) is 0 Å². The fourth-order valence-corrected chi connectivity index (χ4v) is 1.91. The van der Waals surface area contributed by atoms with E-state index in [1.165, 1.54) is 12.0 Å². The van der Waals surface area contributed by atoms with E-state index < -0.39 is 0 Å². The first kappa shape index (κ1) is 8.58. The van der Waals surface area contributed by atoms with E-state index >= 15 is 0 Å². The van der Waals surface area contributed by atoms with Gasteiger partial charge in [-0.1, -0.05) is 45.1 Å². The summed E-state index contributed by atoms with van der Waals surface area (Å²) in [5.41, 5.74) is 1.32. The highest BCUT2D eigenvalue weighted by atomic mass is 14.3. The van der Waals surface area contributed by atoms with Crippen LogP contribution in [0.2, 0.25) is 0 Å². The van der Waals surface area contributed by atoms with Crippen molar-refractivity contribution in [3.63, 3.8) is 0 Å². The van der Waals surface area contributed by atoms with Gasteiger partial charge in [0.05, 0.1) is 0 Å². The van der Waals surface area contributed by atoms with E-state index in [1.807, 2.05) is 0 Å². The Labute approximate surface area is 70.0 Å². The van der Waals surface area contributed by atoms with Crippen LogP contribution < -0.4 is 0 Å². The summed E-state index contributed by atoms with van der Waals surface area (Å²) in [6.45, 7) is 10.9. The molecule has 0 aromatic heterocycles. The molecule has 3 atom stereocenters. The van der Waals surface area contributed by atoms with Crippen molar-refractivity contribution in [3.05, 3.63) is 24.3 Å². The molecule has 0 N–H and O–H groups in total. The Kier molecular flexibility index (Phi) is 2.53. The van der Waals surface area contributed by atoms with Crippen molar-refractivity contribution in [2.45, 2.75) is 27.2 Å². The van der Waals surface area contributed by atoms with E-state index in [9.17, 15) is 0 Å². The Morgan fingerprint density at radius 1 is 1.45 bits per heavy atom. The lowest BCUT2D eigenvalue weighted by atomic mass is 9.74. The van der Waals surface area contributed by atoms with Gasteiger partial charge in [0, 0.05) is 0 Å². The lowest BCUT2D eigenvalue weighted by molar-refractivity contribution is 0.323. The summed E-state index contributed by atoms with van der Waals surface area (Å²) in [6, 6.07) is 0. The van der Waals surface area contributed by atoms with Crippen LogP contribution in [0.5, 0.6) is 0 Å². The van der Waals surface area contributed by atoms with Crippen LogP contribution in [0.3, 0.4) is 0 Å². The SMILES string of the molecule is C=C1C=CC(C)C(C)C1CC. The molecule has 0 saturated carbocycles. The third-order valence-corrected chi connectivity index (χ3v) is 2.99. The first-order valence-corrected chi connectivity index (χ1v) is 4.53. The van der Waals surface area contributed by atoms with Crippen LogP contribution in [0.4, 0.5) is 0 Å². The number of hydrogen-bond donors (Lipinski definition) is 0. The molecule has 0 heterocycles. The molecule has 0 nitrogen and oxygen atoms in total. The van der Waals surface area contributed by atoms with Gasteiger partial charge in [-0.3, -0.25) is 0 Å². The van der Waals surface area contributed by atoms with Crippen LogP contribution in [0, 0.1) is 17.8 Å². The van der Waals surface area contributed by atoms with Crippen molar-refractivity contribution in [2.75, 3.05) is 0 Å². The van der Waals surface area contributed by atoms with Gasteiger partial charge in [0.25, 0.3) is 0 Å². The maximum absolute atomic E-state index is 4.06. The minimum atomic E-state index is 0.718. The first-order chi connectivity index (χ1) is 5.16. The van der Waals surface area contributed by atoms with Crippen LogP contribution in [0.25, 0.3) is 0 Å². The van der Waals surface area contributed by atoms with Gasteiger partial charge in [-0.15, -0.1) is 0 Å². The average Bonchev–Trinajstić information content (AvgIpc) is 1.99. The minimum absolute atomic E-state index is 0.718. The Balaban J connectivity index is 2.78. The molecule has 11 heavy (non-hydrogen) atoms. The third-order valence-electron chi connectivity index (χ3n) is 2.99. The molecule has 3 unspecified atom stereocenters. The normalized spacial score (nSPS) is 37.7. The Morgan fingerprint density at radius 3 is 2.55 bits per heavy atom. The smallest absolute Gasteiger partial charge is 0.0139 e. The van der Waals surface area contributed by atoms with Crippen LogP contribution in [0.1, 0.15) is 27.2 Å². The maximum atomic E-state index is 4.06. The van der Waals surface area contributed by atoms with Gasteiger partial charge in [-0.05, 0) is 24.2 Å². The highest BCUT2D eigenvalue weighted by Crippen LogP contribution is 2.34. The Hall–Kier alpha value is -0.520. The van der Waals surface area contributed by atoms with Gasteiger partial charge in [0.2, 0.25) is 0 Å². The van der Waals surface area contributed by atoms with Crippen molar-refractivity contribution in [1.82, 2.24) is 0 Å². The van der Waals surface area contributed by atoms with Crippen molar-refractivity contribution in [1.29, 1.82) is 0 Å². The molecule has 0 amide bonds. The Morgan fingerprint density at radius 2 is 2.09 bits per heavy atom. The van der Waals surface area contributed by atoms with Gasteiger partial charge in [0.1, 0.15) is 0 Å². The second kappa shape index (κ2) is 3.25. The summed E-state index contributed by atoms with van der Waals surface area (Å²) >= 11 is 0. The molecular formula is C11H18. The molecule has 1 rings (SSSR count). The molecule has 0 radical (unpaired) electrons. The summed E-state index contributed by atoms with van der Waals surface area (Å²) in [6.07, 6.45) is 5.70. The fraction of sp³-hybridized carbons (Fsp3) is 0.636. The van der Waals surface area contributed by atoms with Crippen LogP contribution in [-0.4, -0.2) is 0 Å². The van der Waals surface area contributed by atoms with E-state index in [0.717, 1.165) is 17.8 Å². The monoisotopic (exact) mass is 150 g/mol. The highest BCUT2D eigenvalue weighted by molar-refractivity contribution is 5.23. The lowest BCUT2D eigenvalue weighted by Crippen LogP contribution is -2.21. The predicted octanol–water partition coefficient (Wildman–Crippen LogP) is 3.41. The standard InChI is InChI=1S/C11H18/c1-5-11-9(3)7-6-8(2)10(11)4/h6-8,10-11H,3,5H2,1-2,4H3. The van der Waals surface area contributed by atoms with E-state index in [4.69, 9.17) is 0 Å². The zero-order valence-electron chi connectivity index (χ0n) is 7.80. The summed E-state index contributed by atoms with van der Waals surface area (Å²) in [5.74, 6) is 2.22. The van der Waals surface area contributed by atoms with Gasteiger partial charge >= 0.3 is 0 Å². The first-order valence-electron chi connectivity index (χ1n) is 4.53. The van der Waals surface area contributed by atoms with E-state index in [0.29, 0.717) is 0 Å². The fourth-order valence-electron chi connectivity index (χ4n) is 1.91. The maximum Gasteiger partial charge on any atom is -0.0139 e. The van der Waals surface area contributed by atoms with E-state index in [-0.39, 0.29) is 0 Å². The number of rotatable bonds is 1. The minimum Gasteiger partial charge on any atom is -0.0956 e. The van der Waals surface area contributed by atoms with Crippen LogP contribution >= 0.6 is 0 Å². The number of allylic oxidation sites excluding steroid dienone is 3.